The average Bonchev–Trinajstić information content (AvgIpc) is 2.60. The number of benzene rings is 2. The molecule has 2 atom stereocenters. The Morgan fingerprint density at radius 1 is 0.864 bits per heavy atom. The summed E-state index contributed by atoms with van der Waals surface area (Å²) in [5, 5.41) is 12.8. The fraction of sp³-hybridized carbons (Fsp3) is 0.333. The molecule has 0 saturated carbocycles. The van der Waals surface area contributed by atoms with Crippen LogP contribution in [0.1, 0.15) is 23.3 Å². The van der Waals surface area contributed by atoms with Gasteiger partial charge in [0.2, 0.25) is 6.29 Å². The number of ether oxygens (including phenoxy) is 2. The monoisotopic (exact) mass is 302 g/mol. The zero-order valence-electron chi connectivity index (χ0n) is 13.1. The maximum absolute atomic E-state index is 10.8. The Morgan fingerprint density at radius 2 is 1.36 bits per heavy atom. The SMILES string of the molecule is COC(C[NH2+][C@@H](c1ccccc1)[C@@H](O)c1ccccc1)OC. The first kappa shape index (κ1) is 16.6. The fourth-order valence-corrected chi connectivity index (χ4v) is 2.53. The van der Waals surface area contributed by atoms with Crippen LogP contribution in [0.25, 0.3) is 0 Å². The van der Waals surface area contributed by atoms with Crippen molar-refractivity contribution in [2.24, 2.45) is 0 Å². The van der Waals surface area contributed by atoms with Gasteiger partial charge in [0.15, 0.2) is 0 Å². The molecule has 2 aromatic carbocycles. The molecular weight excluding hydrogens is 278 g/mol. The molecule has 0 aliphatic carbocycles. The molecule has 2 rings (SSSR count). The van der Waals surface area contributed by atoms with Gasteiger partial charge in [-0.15, -0.1) is 0 Å². The van der Waals surface area contributed by atoms with E-state index in [4.69, 9.17) is 9.47 Å². The molecule has 0 fully saturated rings. The second-order valence-electron chi connectivity index (χ2n) is 5.16. The van der Waals surface area contributed by atoms with E-state index in [0.29, 0.717) is 6.54 Å². The maximum atomic E-state index is 10.8. The van der Waals surface area contributed by atoms with Crippen LogP contribution in [0.5, 0.6) is 0 Å². The van der Waals surface area contributed by atoms with E-state index in [-0.39, 0.29) is 12.3 Å². The van der Waals surface area contributed by atoms with E-state index >= 15 is 0 Å². The zero-order valence-corrected chi connectivity index (χ0v) is 13.1. The number of aliphatic hydroxyl groups is 1. The van der Waals surface area contributed by atoms with E-state index in [1.807, 2.05) is 60.7 Å². The second-order valence-corrected chi connectivity index (χ2v) is 5.16. The molecule has 0 unspecified atom stereocenters. The maximum Gasteiger partial charge on any atom is 0.206 e. The molecule has 0 aromatic heterocycles. The topological polar surface area (TPSA) is 55.3 Å². The molecule has 4 heteroatoms. The lowest BCUT2D eigenvalue weighted by Crippen LogP contribution is -2.88. The summed E-state index contributed by atoms with van der Waals surface area (Å²) in [7, 11) is 3.24. The predicted octanol–water partition coefficient (Wildman–Crippen LogP) is 1.64. The van der Waals surface area contributed by atoms with Crippen LogP contribution in [0.3, 0.4) is 0 Å². The Labute approximate surface area is 131 Å². The standard InChI is InChI=1S/C18H23NO3/c1-21-16(22-2)13-19-17(14-9-5-3-6-10-14)18(20)15-11-7-4-8-12-15/h3-12,16-20H,13H2,1-2H3/p+1/t17-,18-/m0/s1. The van der Waals surface area contributed by atoms with Gasteiger partial charge >= 0.3 is 0 Å². The molecule has 0 bridgehead atoms. The van der Waals surface area contributed by atoms with Gasteiger partial charge in [-0.3, -0.25) is 0 Å². The highest BCUT2D eigenvalue weighted by molar-refractivity contribution is 5.24. The third-order valence-electron chi connectivity index (χ3n) is 3.77. The van der Waals surface area contributed by atoms with Gasteiger partial charge in [-0.2, -0.15) is 0 Å². The van der Waals surface area contributed by atoms with Gasteiger partial charge in [0, 0.05) is 19.8 Å². The van der Waals surface area contributed by atoms with Crippen molar-refractivity contribution < 1.29 is 19.9 Å². The van der Waals surface area contributed by atoms with Gasteiger partial charge in [0.05, 0.1) is 0 Å². The predicted molar refractivity (Wildman–Crippen MR) is 85.2 cm³/mol. The highest BCUT2D eigenvalue weighted by atomic mass is 16.7. The molecule has 3 N–H and O–H groups in total. The highest BCUT2D eigenvalue weighted by Gasteiger charge is 2.26. The number of methoxy groups -OCH3 is 2. The van der Waals surface area contributed by atoms with E-state index in [9.17, 15) is 5.11 Å². The Balaban J connectivity index is 2.18. The molecule has 4 nitrogen and oxygen atoms in total. The minimum absolute atomic E-state index is 0.114. The summed E-state index contributed by atoms with van der Waals surface area (Å²) in [6, 6.07) is 19.6. The lowest BCUT2D eigenvalue weighted by molar-refractivity contribution is -0.715. The second kappa shape index (κ2) is 8.66. The van der Waals surface area contributed by atoms with Crippen LogP contribution >= 0.6 is 0 Å². The van der Waals surface area contributed by atoms with E-state index in [2.05, 4.69) is 5.32 Å². The summed E-state index contributed by atoms with van der Waals surface area (Å²) in [6.07, 6.45) is -0.896. The summed E-state index contributed by atoms with van der Waals surface area (Å²) in [5.74, 6) is 0. The molecule has 0 aliphatic rings. The number of hydrogen-bond acceptors (Lipinski definition) is 3. The molecule has 118 valence electrons. The molecule has 0 radical (unpaired) electrons. The van der Waals surface area contributed by atoms with Gasteiger partial charge in [-0.1, -0.05) is 60.7 Å². The van der Waals surface area contributed by atoms with Crippen molar-refractivity contribution in [3.8, 4) is 0 Å². The number of nitrogens with two attached hydrogens (primary N) is 1. The minimum Gasteiger partial charge on any atom is -0.382 e. The quantitative estimate of drug-likeness (QED) is 0.729. The van der Waals surface area contributed by atoms with Crippen molar-refractivity contribution in [1.29, 1.82) is 0 Å². The van der Waals surface area contributed by atoms with Crippen LogP contribution in [0, 0.1) is 0 Å². The largest absolute Gasteiger partial charge is 0.382 e. The van der Waals surface area contributed by atoms with Crippen LogP contribution in [-0.4, -0.2) is 32.2 Å². The van der Waals surface area contributed by atoms with Gasteiger partial charge < -0.3 is 19.9 Å². The van der Waals surface area contributed by atoms with Gasteiger partial charge in [-0.05, 0) is 5.56 Å². The first-order valence-electron chi connectivity index (χ1n) is 7.43. The molecular formula is C18H24NO3+. The molecule has 0 aliphatic heterocycles. The van der Waals surface area contributed by atoms with Crippen LogP contribution < -0.4 is 5.32 Å². The number of quaternary nitrogens is 1. The lowest BCUT2D eigenvalue weighted by Gasteiger charge is -2.23. The number of aliphatic hydroxyl groups excluding tert-OH is 1. The summed E-state index contributed by atoms with van der Waals surface area (Å²) < 4.78 is 10.5. The summed E-state index contributed by atoms with van der Waals surface area (Å²) in [4.78, 5) is 0. The highest BCUT2D eigenvalue weighted by Crippen LogP contribution is 2.25. The zero-order chi connectivity index (χ0) is 15.8. The third-order valence-corrected chi connectivity index (χ3v) is 3.77. The first-order valence-corrected chi connectivity index (χ1v) is 7.43. The van der Waals surface area contributed by atoms with Crippen molar-refractivity contribution in [1.82, 2.24) is 0 Å². The summed E-state index contributed by atoms with van der Waals surface area (Å²) >= 11 is 0. The number of hydrogen-bond donors (Lipinski definition) is 2. The van der Waals surface area contributed by atoms with Crippen molar-refractivity contribution in [3.63, 3.8) is 0 Å². The van der Waals surface area contributed by atoms with Gasteiger partial charge in [0.1, 0.15) is 18.7 Å². The molecule has 0 saturated heterocycles. The normalized spacial score (nSPS) is 14.0. The minimum atomic E-state index is -0.599. The summed E-state index contributed by atoms with van der Waals surface area (Å²) in [5.41, 5.74) is 1.98. The molecule has 22 heavy (non-hydrogen) atoms. The molecule has 2 aromatic rings. The Morgan fingerprint density at radius 3 is 1.86 bits per heavy atom. The van der Waals surface area contributed by atoms with E-state index in [0.717, 1.165) is 11.1 Å². The summed E-state index contributed by atoms with van der Waals surface area (Å²) in [6.45, 7) is 0.608. The van der Waals surface area contributed by atoms with Crippen LogP contribution in [0.15, 0.2) is 60.7 Å². The van der Waals surface area contributed by atoms with Crippen molar-refractivity contribution in [2.45, 2.75) is 18.4 Å². The van der Waals surface area contributed by atoms with Crippen LogP contribution in [0.4, 0.5) is 0 Å². The van der Waals surface area contributed by atoms with Gasteiger partial charge in [-0.25, -0.2) is 0 Å². The molecule has 0 amide bonds. The molecule has 0 heterocycles. The third kappa shape index (κ3) is 4.39. The van der Waals surface area contributed by atoms with Crippen molar-refractivity contribution in [3.05, 3.63) is 71.8 Å². The lowest BCUT2D eigenvalue weighted by atomic mass is 9.96. The Kier molecular flexibility index (Phi) is 6.55. The molecule has 0 spiro atoms. The Hall–Kier alpha value is -1.72. The van der Waals surface area contributed by atoms with Crippen LogP contribution in [-0.2, 0) is 9.47 Å². The smallest absolute Gasteiger partial charge is 0.206 e. The van der Waals surface area contributed by atoms with Crippen molar-refractivity contribution in [2.75, 3.05) is 20.8 Å². The van der Waals surface area contributed by atoms with Crippen molar-refractivity contribution >= 4 is 0 Å². The van der Waals surface area contributed by atoms with E-state index in [1.165, 1.54) is 0 Å². The fourth-order valence-electron chi connectivity index (χ4n) is 2.53. The van der Waals surface area contributed by atoms with E-state index in [1.54, 1.807) is 14.2 Å². The van der Waals surface area contributed by atoms with Crippen LogP contribution in [0.2, 0.25) is 0 Å². The Bertz CT molecular complexity index is 529. The first-order chi connectivity index (χ1) is 10.8. The average molecular weight is 302 g/mol. The van der Waals surface area contributed by atoms with E-state index < -0.39 is 6.10 Å². The van der Waals surface area contributed by atoms with Gasteiger partial charge in [0.25, 0.3) is 0 Å². The number of rotatable bonds is 8.